The number of rotatable bonds is 6. The molecule has 0 saturated carbocycles. The quantitative estimate of drug-likeness (QED) is 0.621. The molecular weight excluding hydrogens is 485 g/mol. The molecule has 0 radical (unpaired) electrons. The van der Waals surface area contributed by atoms with Gasteiger partial charge in [0, 0.05) is 49.9 Å². The van der Waals surface area contributed by atoms with Gasteiger partial charge < -0.3 is 10.2 Å². The Labute approximate surface area is 203 Å². The van der Waals surface area contributed by atoms with Crippen LogP contribution in [0.25, 0.3) is 0 Å². The van der Waals surface area contributed by atoms with Crippen LogP contribution in [0.1, 0.15) is 31.2 Å². The second-order valence-electron chi connectivity index (χ2n) is 8.99. The predicted octanol–water partition coefficient (Wildman–Crippen LogP) is 1.50. The molecule has 4 rings (SSSR count). The van der Waals surface area contributed by atoms with Gasteiger partial charge >= 0.3 is 0 Å². The van der Waals surface area contributed by atoms with Gasteiger partial charge in [-0.15, -0.1) is 0 Å². The van der Waals surface area contributed by atoms with Crippen molar-refractivity contribution < 1.29 is 22.4 Å². The van der Waals surface area contributed by atoms with Crippen molar-refractivity contribution in [2.24, 2.45) is 11.8 Å². The monoisotopic (exact) mass is 511 g/mol. The van der Waals surface area contributed by atoms with Crippen LogP contribution in [-0.2, 0) is 26.3 Å². The summed E-state index contributed by atoms with van der Waals surface area (Å²) < 4.78 is 42.3. The molecule has 0 aromatic heterocycles. The molecule has 1 N–H and O–H groups in total. The normalized spacial score (nSPS) is 24.4. The molecule has 0 spiro atoms. The lowest BCUT2D eigenvalue weighted by atomic mass is 9.97. The van der Waals surface area contributed by atoms with E-state index in [0.717, 1.165) is 0 Å². The summed E-state index contributed by atoms with van der Waals surface area (Å²) in [4.78, 5) is 27.7. The molecule has 184 valence electrons. The van der Waals surface area contributed by atoms with E-state index in [0.29, 0.717) is 43.8 Å². The smallest absolute Gasteiger partial charge is 0.282 e. The van der Waals surface area contributed by atoms with E-state index in [9.17, 15) is 22.4 Å². The second kappa shape index (κ2) is 10.2. The number of nitrogens with zero attached hydrogens (tertiary/aromatic N) is 4. The molecule has 3 heterocycles. The molecule has 1 aromatic carbocycles. The molecule has 0 unspecified atom stereocenters. The standard InChI is InChI=1S/C22H27ClFN5O4S/c23-18-5-6-19(24)17(9-18)11-26-21(30)20-4-2-8-29(20)22(31)16-3-1-7-27(14-16)34(32,33)28-12-15(10-25)13-28/h5-6,9,15-16,20H,1-4,7-8,11-14H2,(H,26,30)/t16-,20+/m0/s1. The highest BCUT2D eigenvalue weighted by Crippen LogP contribution is 2.29. The third-order valence-corrected chi connectivity index (χ3v) is 8.89. The lowest BCUT2D eigenvalue weighted by Gasteiger charge is -2.41. The molecular formula is C22H27ClFN5O4S. The first-order chi connectivity index (χ1) is 16.2. The van der Waals surface area contributed by atoms with Crippen LogP contribution in [0.15, 0.2) is 18.2 Å². The zero-order chi connectivity index (χ0) is 24.5. The van der Waals surface area contributed by atoms with Gasteiger partial charge in [-0.3, -0.25) is 9.59 Å². The van der Waals surface area contributed by atoms with Crippen LogP contribution in [0.2, 0.25) is 5.02 Å². The fourth-order valence-corrected chi connectivity index (χ4v) is 6.73. The van der Waals surface area contributed by atoms with Gasteiger partial charge in [0.25, 0.3) is 10.2 Å². The number of nitriles is 1. The van der Waals surface area contributed by atoms with Crippen LogP contribution in [0, 0.1) is 29.0 Å². The third kappa shape index (κ3) is 5.05. The summed E-state index contributed by atoms with van der Waals surface area (Å²) in [5, 5.41) is 12.0. The van der Waals surface area contributed by atoms with E-state index in [4.69, 9.17) is 16.9 Å². The number of carbonyl (C=O) groups is 2. The molecule has 1 aromatic rings. The average Bonchev–Trinajstić information content (AvgIpc) is 3.28. The summed E-state index contributed by atoms with van der Waals surface area (Å²) in [6.07, 6.45) is 2.25. The lowest BCUT2D eigenvalue weighted by molar-refractivity contribution is -0.142. The number of likely N-dealkylation sites (tertiary alicyclic amines) is 1. The van der Waals surface area contributed by atoms with Gasteiger partial charge in [-0.25, -0.2) is 4.39 Å². The van der Waals surface area contributed by atoms with Gasteiger partial charge in [0.1, 0.15) is 11.9 Å². The van der Waals surface area contributed by atoms with Gasteiger partial charge in [0.2, 0.25) is 11.8 Å². The summed E-state index contributed by atoms with van der Waals surface area (Å²) in [6.45, 7) is 1.12. The van der Waals surface area contributed by atoms with E-state index >= 15 is 0 Å². The number of nitrogens with one attached hydrogen (secondary N) is 1. The molecule has 2 atom stereocenters. The largest absolute Gasteiger partial charge is 0.350 e. The number of halogens is 2. The molecule has 9 nitrogen and oxygen atoms in total. The molecule has 0 aliphatic carbocycles. The topological polar surface area (TPSA) is 114 Å². The van der Waals surface area contributed by atoms with Crippen molar-refractivity contribution in [3.63, 3.8) is 0 Å². The Morgan fingerprint density at radius 3 is 2.62 bits per heavy atom. The highest BCUT2D eigenvalue weighted by Gasteiger charge is 2.44. The van der Waals surface area contributed by atoms with Gasteiger partial charge in [-0.2, -0.15) is 22.3 Å². The van der Waals surface area contributed by atoms with Gasteiger partial charge in [0.15, 0.2) is 0 Å². The Kier molecular flexibility index (Phi) is 7.42. The first-order valence-corrected chi connectivity index (χ1v) is 13.1. The molecule has 34 heavy (non-hydrogen) atoms. The van der Waals surface area contributed by atoms with Crippen molar-refractivity contribution in [1.82, 2.24) is 18.8 Å². The van der Waals surface area contributed by atoms with Gasteiger partial charge in [0.05, 0.1) is 17.9 Å². The molecule has 2 amide bonds. The Balaban J connectivity index is 1.37. The number of piperidine rings is 1. The van der Waals surface area contributed by atoms with Crippen LogP contribution >= 0.6 is 11.6 Å². The molecule has 3 saturated heterocycles. The van der Waals surface area contributed by atoms with E-state index < -0.39 is 28.0 Å². The van der Waals surface area contributed by atoms with Crippen molar-refractivity contribution in [2.75, 3.05) is 32.7 Å². The van der Waals surface area contributed by atoms with E-state index in [1.807, 2.05) is 0 Å². The highest BCUT2D eigenvalue weighted by molar-refractivity contribution is 7.86. The summed E-state index contributed by atoms with van der Waals surface area (Å²) in [7, 11) is -3.72. The van der Waals surface area contributed by atoms with E-state index in [2.05, 4.69) is 11.4 Å². The van der Waals surface area contributed by atoms with Crippen molar-refractivity contribution in [1.29, 1.82) is 5.26 Å². The zero-order valence-corrected chi connectivity index (χ0v) is 20.2. The van der Waals surface area contributed by atoms with E-state index in [1.165, 1.54) is 31.7 Å². The van der Waals surface area contributed by atoms with Crippen molar-refractivity contribution in [3.8, 4) is 6.07 Å². The zero-order valence-electron chi connectivity index (χ0n) is 18.6. The first kappa shape index (κ1) is 24.9. The average molecular weight is 512 g/mol. The highest BCUT2D eigenvalue weighted by atomic mass is 35.5. The number of hydrogen-bond acceptors (Lipinski definition) is 5. The minimum Gasteiger partial charge on any atom is -0.350 e. The lowest BCUT2D eigenvalue weighted by Crippen LogP contribution is -2.57. The molecule has 0 bridgehead atoms. The maximum atomic E-state index is 14.0. The van der Waals surface area contributed by atoms with Crippen LogP contribution in [0.3, 0.4) is 0 Å². The number of hydrogen-bond donors (Lipinski definition) is 1. The molecule has 12 heteroatoms. The predicted molar refractivity (Wildman–Crippen MR) is 122 cm³/mol. The third-order valence-electron chi connectivity index (χ3n) is 6.72. The van der Waals surface area contributed by atoms with Crippen LogP contribution < -0.4 is 5.32 Å². The minimum absolute atomic E-state index is 0.0429. The van der Waals surface area contributed by atoms with Crippen LogP contribution in [0.5, 0.6) is 0 Å². The fraction of sp³-hybridized carbons (Fsp3) is 0.591. The number of carbonyl (C=O) groups excluding carboxylic acids is 2. The van der Waals surface area contributed by atoms with Crippen LogP contribution in [-0.4, -0.2) is 72.5 Å². The molecule has 3 fully saturated rings. The number of amides is 2. The van der Waals surface area contributed by atoms with Crippen LogP contribution in [0.4, 0.5) is 4.39 Å². The maximum absolute atomic E-state index is 14.0. The Hall–Kier alpha value is -2.26. The summed E-state index contributed by atoms with van der Waals surface area (Å²) in [5.41, 5.74) is 0.259. The van der Waals surface area contributed by atoms with Gasteiger partial charge in [-0.05, 0) is 43.9 Å². The van der Waals surface area contributed by atoms with E-state index in [-0.39, 0.29) is 49.5 Å². The fourth-order valence-electron chi connectivity index (χ4n) is 4.74. The minimum atomic E-state index is -3.72. The molecule has 3 aliphatic heterocycles. The Morgan fingerprint density at radius 1 is 1.15 bits per heavy atom. The van der Waals surface area contributed by atoms with Gasteiger partial charge in [-0.1, -0.05) is 11.6 Å². The maximum Gasteiger partial charge on any atom is 0.282 e. The number of benzene rings is 1. The van der Waals surface area contributed by atoms with Crippen molar-refractivity contribution in [2.45, 2.75) is 38.3 Å². The summed E-state index contributed by atoms with van der Waals surface area (Å²) in [6, 6.07) is 5.50. The molecule has 3 aliphatic rings. The first-order valence-electron chi connectivity index (χ1n) is 11.4. The Morgan fingerprint density at radius 2 is 1.88 bits per heavy atom. The van der Waals surface area contributed by atoms with Crippen molar-refractivity contribution >= 4 is 33.6 Å². The van der Waals surface area contributed by atoms with Crippen molar-refractivity contribution in [3.05, 3.63) is 34.6 Å². The Bertz CT molecular complexity index is 1110. The summed E-state index contributed by atoms with van der Waals surface area (Å²) >= 11 is 5.90. The summed E-state index contributed by atoms with van der Waals surface area (Å²) in [5.74, 6) is -1.90. The SMILES string of the molecule is N#CC1CN(S(=O)(=O)N2CCC[C@H](C(=O)N3CCC[C@@H]3C(=O)NCc3cc(Cl)ccc3F)C2)C1. The van der Waals surface area contributed by atoms with E-state index in [1.54, 1.807) is 0 Å². The second-order valence-corrected chi connectivity index (χ2v) is 11.4.